The number of nitrogens with one attached hydrogen (secondary N) is 1. The van der Waals surface area contributed by atoms with E-state index in [-0.39, 0.29) is 24.3 Å². The lowest BCUT2D eigenvalue weighted by Gasteiger charge is -2.26. The Bertz CT molecular complexity index is 1060. The SMILES string of the molecule is COc1cc(C(=O)NCc2ccc(C(=O)N3CCCCC3)cc2)ccc1OCC(=O)N1CCOCC1. The number of morpholine rings is 1. The number of likely N-dealkylation sites (tertiary alicyclic amines) is 1. The van der Waals surface area contributed by atoms with Crippen LogP contribution in [0.4, 0.5) is 0 Å². The predicted octanol–water partition coefficient (Wildman–Crippen LogP) is 2.49. The number of methoxy groups -OCH3 is 1. The second kappa shape index (κ2) is 12.4. The maximum atomic E-state index is 12.7. The minimum Gasteiger partial charge on any atom is -0.493 e. The Hall–Kier alpha value is -3.59. The largest absolute Gasteiger partial charge is 0.493 e. The third kappa shape index (κ3) is 6.54. The van der Waals surface area contributed by atoms with Crippen molar-refractivity contribution in [2.24, 2.45) is 0 Å². The lowest BCUT2D eigenvalue weighted by Crippen LogP contribution is -2.43. The van der Waals surface area contributed by atoms with Crippen molar-refractivity contribution in [1.29, 1.82) is 0 Å². The molecule has 192 valence electrons. The van der Waals surface area contributed by atoms with Gasteiger partial charge in [-0.25, -0.2) is 0 Å². The van der Waals surface area contributed by atoms with Crippen molar-refractivity contribution in [2.75, 3.05) is 53.1 Å². The van der Waals surface area contributed by atoms with E-state index in [2.05, 4.69) is 5.32 Å². The lowest BCUT2D eigenvalue weighted by molar-refractivity contribution is -0.137. The predicted molar refractivity (Wildman–Crippen MR) is 133 cm³/mol. The van der Waals surface area contributed by atoms with Gasteiger partial charge in [0.15, 0.2) is 18.1 Å². The highest BCUT2D eigenvalue weighted by atomic mass is 16.5. The topological polar surface area (TPSA) is 97.4 Å². The zero-order chi connectivity index (χ0) is 25.3. The van der Waals surface area contributed by atoms with Crippen LogP contribution in [0.15, 0.2) is 42.5 Å². The van der Waals surface area contributed by atoms with Crippen LogP contribution in [0.3, 0.4) is 0 Å². The van der Waals surface area contributed by atoms with E-state index in [1.807, 2.05) is 29.2 Å². The normalized spacial score (nSPS) is 15.8. The average Bonchev–Trinajstić information content (AvgIpc) is 2.95. The van der Waals surface area contributed by atoms with Crippen molar-refractivity contribution in [3.63, 3.8) is 0 Å². The molecule has 0 unspecified atom stereocenters. The summed E-state index contributed by atoms with van der Waals surface area (Å²) in [5.74, 6) is 0.442. The molecule has 0 spiro atoms. The molecule has 0 aromatic heterocycles. The smallest absolute Gasteiger partial charge is 0.260 e. The lowest BCUT2D eigenvalue weighted by atomic mass is 10.1. The highest BCUT2D eigenvalue weighted by Crippen LogP contribution is 2.28. The van der Waals surface area contributed by atoms with Crippen molar-refractivity contribution in [2.45, 2.75) is 25.8 Å². The number of benzene rings is 2. The molecule has 0 atom stereocenters. The van der Waals surface area contributed by atoms with Gasteiger partial charge in [-0.05, 0) is 55.2 Å². The van der Waals surface area contributed by atoms with Gasteiger partial charge in [-0.2, -0.15) is 0 Å². The first-order valence-electron chi connectivity index (χ1n) is 12.4. The molecular weight excluding hydrogens is 462 g/mol. The molecule has 2 aliphatic heterocycles. The number of amides is 3. The molecule has 2 aliphatic rings. The van der Waals surface area contributed by atoms with Crippen LogP contribution in [0.25, 0.3) is 0 Å². The molecule has 2 fully saturated rings. The number of ether oxygens (including phenoxy) is 3. The standard InChI is InChI=1S/C27H33N3O6/c1-34-24-17-22(9-10-23(24)36-19-25(31)29-13-15-35-16-14-29)26(32)28-18-20-5-7-21(8-6-20)27(33)30-11-3-2-4-12-30/h5-10,17H,2-4,11-16,18-19H2,1H3,(H,28,32). The van der Waals surface area contributed by atoms with E-state index in [4.69, 9.17) is 14.2 Å². The van der Waals surface area contributed by atoms with Gasteiger partial charge in [-0.1, -0.05) is 12.1 Å². The molecule has 3 amide bonds. The van der Waals surface area contributed by atoms with Gasteiger partial charge in [0.1, 0.15) is 0 Å². The van der Waals surface area contributed by atoms with Crippen LogP contribution in [-0.4, -0.2) is 80.6 Å². The third-order valence-electron chi connectivity index (χ3n) is 6.44. The molecule has 2 heterocycles. The average molecular weight is 496 g/mol. The van der Waals surface area contributed by atoms with Crippen LogP contribution in [0, 0.1) is 0 Å². The monoisotopic (exact) mass is 495 g/mol. The Morgan fingerprint density at radius 1 is 0.861 bits per heavy atom. The van der Waals surface area contributed by atoms with Gasteiger partial charge in [0.25, 0.3) is 17.7 Å². The first kappa shape index (κ1) is 25.5. The summed E-state index contributed by atoms with van der Waals surface area (Å²) in [7, 11) is 1.49. The van der Waals surface area contributed by atoms with Gasteiger partial charge < -0.3 is 29.3 Å². The maximum Gasteiger partial charge on any atom is 0.260 e. The highest BCUT2D eigenvalue weighted by Gasteiger charge is 2.19. The Morgan fingerprint density at radius 3 is 2.25 bits per heavy atom. The summed E-state index contributed by atoms with van der Waals surface area (Å²) in [5, 5.41) is 2.89. The summed E-state index contributed by atoms with van der Waals surface area (Å²) in [6, 6.07) is 12.2. The molecule has 36 heavy (non-hydrogen) atoms. The van der Waals surface area contributed by atoms with Crippen LogP contribution < -0.4 is 14.8 Å². The summed E-state index contributed by atoms with van der Waals surface area (Å²) in [6.45, 7) is 4.00. The van der Waals surface area contributed by atoms with Crippen LogP contribution in [-0.2, 0) is 16.1 Å². The van der Waals surface area contributed by atoms with Gasteiger partial charge in [0.05, 0.1) is 20.3 Å². The summed E-state index contributed by atoms with van der Waals surface area (Å²) < 4.78 is 16.3. The number of carbonyl (C=O) groups is 3. The molecule has 9 nitrogen and oxygen atoms in total. The first-order chi connectivity index (χ1) is 17.5. The molecule has 2 aromatic carbocycles. The fraction of sp³-hybridized carbons (Fsp3) is 0.444. The van der Waals surface area contributed by atoms with Gasteiger partial charge in [0, 0.05) is 43.9 Å². The highest BCUT2D eigenvalue weighted by molar-refractivity contribution is 5.95. The molecule has 0 bridgehead atoms. The summed E-state index contributed by atoms with van der Waals surface area (Å²) in [4.78, 5) is 41.3. The molecular formula is C27H33N3O6. The first-order valence-corrected chi connectivity index (χ1v) is 12.4. The minimum atomic E-state index is -0.266. The maximum absolute atomic E-state index is 12.7. The zero-order valence-electron chi connectivity index (χ0n) is 20.7. The minimum absolute atomic E-state index is 0.0614. The van der Waals surface area contributed by atoms with Crippen molar-refractivity contribution in [3.05, 3.63) is 59.2 Å². The molecule has 4 rings (SSSR count). The second-order valence-electron chi connectivity index (χ2n) is 8.88. The molecule has 1 N–H and O–H groups in total. The second-order valence-corrected chi connectivity index (χ2v) is 8.88. The Morgan fingerprint density at radius 2 is 1.56 bits per heavy atom. The summed E-state index contributed by atoms with van der Waals surface area (Å²) in [6.07, 6.45) is 3.29. The zero-order valence-corrected chi connectivity index (χ0v) is 20.7. The quantitative estimate of drug-likeness (QED) is 0.605. The van der Waals surface area contributed by atoms with Crippen LogP contribution in [0.2, 0.25) is 0 Å². The number of nitrogens with zero attached hydrogens (tertiary/aromatic N) is 2. The number of carbonyl (C=O) groups excluding carboxylic acids is 3. The molecule has 2 saturated heterocycles. The number of hydrogen-bond acceptors (Lipinski definition) is 6. The van der Waals surface area contributed by atoms with Crippen LogP contribution in [0.1, 0.15) is 45.5 Å². The molecule has 2 aromatic rings. The third-order valence-corrected chi connectivity index (χ3v) is 6.44. The van der Waals surface area contributed by atoms with E-state index in [9.17, 15) is 14.4 Å². The van der Waals surface area contributed by atoms with E-state index in [0.29, 0.717) is 55.5 Å². The number of hydrogen-bond donors (Lipinski definition) is 1. The van der Waals surface area contributed by atoms with E-state index >= 15 is 0 Å². The number of rotatable bonds is 8. The fourth-order valence-electron chi connectivity index (χ4n) is 4.30. The molecule has 0 radical (unpaired) electrons. The van der Waals surface area contributed by atoms with E-state index in [1.165, 1.54) is 13.5 Å². The van der Waals surface area contributed by atoms with E-state index in [1.54, 1.807) is 23.1 Å². The van der Waals surface area contributed by atoms with Gasteiger partial charge in [-0.3, -0.25) is 14.4 Å². The van der Waals surface area contributed by atoms with Crippen LogP contribution in [0.5, 0.6) is 11.5 Å². The molecule has 0 aliphatic carbocycles. The van der Waals surface area contributed by atoms with Gasteiger partial charge >= 0.3 is 0 Å². The summed E-state index contributed by atoms with van der Waals surface area (Å²) >= 11 is 0. The molecule has 0 saturated carbocycles. The van der Waals surface area contributed by atoms with Crippen molar-refractivity contribution >= 4 is 17.7 Å². The summed E-state index contributed by atoms with van der Waals surface area (Å²) in [5.41, 5.74) is 1.97. The van der Waals surface area contributed by atoms with Crippen molar-refractivity contribution in [3.8, 4) is 11.5 Å². The number of piperidine rings is 1. The van der Waals surface area contributed by atoms with Gasteiger partial charge in [0.2, 0.25) is 0 Å². The van der Waals surface area contributed by atoms with Gasteiger partial charge in [-0.15, -0.1) is 0 Å². The van der Waals surface area contributed by atoms with E-state index < -0.39 is 0 Å². The Kier molecular flexibility index (Phi) is 8.78. The van der Waals surface area contributed by atoms with E-state index in [0.717, 1.165) is 31.5 Å². The Labute approximate surface area is 211 Å². The Balaban J connectivity index is 1.29. The fourth-order valence-corrected chi connectivity index (χ4v) is 4.30. The van der Waals surface area contributed by atoms with Crippen molar-refractivity contribution < 1.29 is 28.6 Å². The van der Waals surface area contributed by atoms with Crippen LogP contribution >= 0.6 is 0 Å². The molecule has 9 heteroatoms. The van der Waals surface area contributed by atoms with Crippen molar-refractivity contribution in [1.82, 2.24) is 15.1 Å².